The van der Waals surface area contributed by atoms with Crippen LogP contribution in [0.2, 0.25) is 0 Å². The number of hydrogen-bond donors (Lipinski definition) is 1. The molecule has 2 aromatic carbocycles. The zero-order valence-electron chi connectivity index (χ0n) is 17.0. The van der Waals surface area contributed by atoms with Crippen LogP contribution in [0, 0.1) is 0 Å². The van der Waals surface area contributed by atoms with Crippen molar-refractivity contribution in [1.82, 2.24) is 15.1 Å². The van der Waals surface area contributed by atoms with Crippen molar-refractivity contribution in [2.75, 3.05) is 0 Å². The van der Waals surface area contributed by atoms with Gasteiger partial charge in [-0.05, 0) is 31.9 Å². The Labute approximate surface area is 175 Å². The number of benzene rings is 2. The van der Waals surface area contributed by atoms with Crippen LogP contribution >= 0.6 is 0 Å². The molecule has 1 saturated carbocycles. The number of aromatic nitrogens is 2. The molecule has 0 bridgehead atoms. The van der Waals surface area contributed by atoms with Gasteiger partial charge < -0.3 is 10.1 Å². The van der Waals surface area contributed by atoms with E-state index in [0.29, 0.717) is 11.3 Å². The third-order valence-electron chi connectivity index (χ3n) is 5.36. The number of amides is 1. The Balaban J connectivity index is 1.57. The number of rotatable bonds is 6. The van der Waals surface area contributed by atoms with Crippen LogP contribution in [0.1, 0.15) is 43.0 Å². The fraction of sp³-hybridized carbons (Fsp3) is 0.292. The first kappa shape index (κ1) is 19.9. The molecule has 1 aliphatic carbocycles. The minimum absolute atomic E-state index is 0.180. The summed E-state index contributed by atoms with van der Waals surface area (Å²) in [4.78, 5) is 25.4. The summed E-state index contributed by atoms with van der Waals surface area (Å²) in [5.74, 6) is -0.822. The number of carbonyl (C=O) groups is 2. The fourth-order valence-electron chi connectivity index (χ4n) is 3.71. The molecule has 0 spiro atoms. The topological polar surface area (TPSA) is 73.2 Å². The lowest BCUT2D eigenvalue weighted by Crippen LogP contribution is -2.40. The van der Waals surface area contributed by atoms with Gasteiger partial charge in [0.05, 0.1) is 5.69 Å². The molecule has 1 heterocycles. The van der Waals surface area contributed by atoms with E-state index in [-0.39, 0.29) is 11.9 Å². The highest BCUT2D eigenvalue weighted by atomic mass is 16.5. The molecular weight excluding hydrogens is 378 g/mol. The Morgan fingerprint density at radius 2 is 1.67 bits per heavy atom. The molecule has 0 saturated heterocycles. The molecule has 3 aromatic rings. The molecule has 1 aliphatic rings. The van der Waals surface area contributed by atoms with Gasteiger partial charge in [0.1, 0.15) is 11.3 Å². The summed E-state index contributed by atoms with van der Waals surface area (Å²) in [5, 5.41) is 7.60. The molecule has 0 radical (unpaired) electrons. The zero-order chi connectivity index (χ0) is 20.9. The van der Waals surface area contributed by atoms with Crippen molar-refractivity contribution in [3.63, 3.8) is 0 Å². The second-order valence-corrected chi connectivity index (χ2v) is 7.58. The van der Waals surface area contributed by atoms with Crippen LogP contribution in [0.3, 0.4) is 0 Å². The maximum atomic E-state index is 13.0. The normalized spacial score (nSPS) is 15.0. The van der Waals surface area contributed by atoms with Gasteiger partial charge in [0.25, 0.3) is 5.91 Å². The Morgan fingerprint density at radius 1 is 1.03 bits per heavy atom. The highest BCUT2D eigenvalue weighted by Gasteiger charge is 2.26. The predicted molar refractivity (Wildman–Crippen MR) is 114 cm³/mol. The second-order valence-electron chi connectivity index (χ2n) is 7.58. The van der Waals surface area contributed by atoms with Crippen molar-refractivity contribution in [2.24, 2.45) is 0 Å². The lowest BCUT2D eigenvalue weighted by Gasteiger charge is -2.17. The molecule has 1 fully saturated rings. The second kappa shape index (κ2) is 8.95. The molecule has 0 aliphatic heterocycles. The smallest absolute Gasteiger partial charge is 0.342 e. The van der Waals surface area contributed by atoms with Gasteiger partial charge in [-0.3, -0.25) is 4.79 Å². The van der Waals surface area contributed by atoms with E-state index in [1.54, 1.807) is 17.8 Å². The Kier molecular flexibility index (Phi) is 5.93. The van der Waals surface area contributed by atoms with Gasteiger partial charge >= 0.3 is 5.97 Å². The van der Waals surface area contributed by atoms with Gasteiger partial charge in [0.2, 0.25) is 0 Å². The highest BCUT2D eigenvalue weighted by molar-refractivity contribution is 5.97. The molecular formula is C24H25N3O3. The van der Waals surface area contributed by atoms with E-state index in [4.69, 9.17) is 4.74 Å². The summed E-state index contributed by atoms with van der Waals surface area (Å²) in [6.07, 6.45) is 4.99. The van der Waals surface area contributed by atoms with Crippen LogP contribution in [-0.2, 0) is 9.53 Å². The van der Waals surface area contributed by atoms with Gasteiger partial charge in [-0.2, -0.15) is 5.10 Å². The molecule has 6 heteroatoms. The van der Waals surface area contributed by atoms with Crippen LogP contribution in [-0.4, -0.2) is 33.8 Å². The summed E-state index contributed by atoms with van der Waals surface area (Å²) in [6.45, 7) is 1.60. The summed E-state index contributed by atoms with van der Waals surface area (Å²) in [6, 6.07) is 19.2. The number of ether oxygens (including phenoxy) is 1. The summed E-state index contributed by atoms with van der Waals surface area (Å²) >= 11 is 0. The van der Waals surface area contributed by atoms with E-state index in [2.05, 4.69) is 10.4 Å². The third kappa shape index (κ3) is 4.43. The van der Waals surface area contributed by atoms with Crippen LogP contribution in [0.4, 0.5) is 0 Å². The predicted octanol–water partition coefficient (Wildman–Crippen LogP) is 4.14. The van der Waals surface area contributed by atoms with E-state index >= 15 is 0 Å². The molecule has 1 aromatic heterocycles. The van der Waals surface area contributed by atoms with E-state index in [1.807, 2.05) is 60.7 Å². The van der Waals surface area contributed by atoms with Crippen molar-refractivity contribution < 1.29 is 14.3 Å². The van der Waals surface area contributed by atoms with E-state index < -0.39 is 12.1 Å². The van der Waals surface area contributed by atoms with Crippen molar-refractivity contribution in [3.8, 4) is 16.9 Å². The fourth-order valence-corrected chi connectivity index (χ4v) is 3.71. The van der Waals surface area contributed by atoms with Gasteiger partial charge in [0, 0.05) is 17.8 Å². The summed E-state index contributed by atoms with van der Waals surface area (Å²) in [5.41, 5.74) is 2.49. The monoisotopic (exact) mass is 403 g/mol. The maximum absolute atomic E-state index is 13.0. The first-order valence-electron chi connectivity index (χ1n) is 10.3. The van der Waals surface area contributed by atoms with Gasteiger partial charge in [-0.15, -0.1) is 0 Å². The average molecular weight is 403 g/mol. The number of nitrogens with one attached hydrogen (secondary N) is 1. The largest absolute Gasteiger partial charge is 0.449 e. The number of hydrogen-bond acceptors (Lipinski definition) is 4. The molecule has 6 nitrogen and oxygen atoms in total. The quantitative estimate of drug-likeness (QED) is 0.628. The van der Waals surface area contributed by atoms with Gasteiger partial charge in [-0.1, -0.05) is 61.4 Å². The Bertz CT molecular complexity index is 1010. The number of para-hydroxylation sites is 1. The van der Waals surface area contributed by atoms with Crippen LogP contribution in [0.5, 0.6) is 0 Å². The number of carbonyl (C=O) groups excluding carboxylic acids is 2. The van der Waals surface area contributed by atoms with E-state index in [9.17, 15) is 9.59 Å². The van der Waals surface area contributed by atoms with E-state index in [1.165, 1.54) is 0 Å². The van der Waals surface area contributed by atoms with Crippen LogP contribution in [0.25, 0.3) is 16.9 Å². The van der Waals surface area contributed by atoms with Gasteiger partial charge in [0.15, 0.2) is 6.10 Å². The molecule has 1 N–H and O–H groups in total. The average Bonchev–Trinajstić information content (AvgIpc) is 3.45. The lowest BCUT2D eigenvalue weighted by molar-refractivity contribution is -0.129. The van der Waals surface area contributed by atoms with Crippen LogP contribution in [0.15, 0.2) is 66.9 Å². The first-order chi connectivity index (χ1) is 14.6. The minimum atomic E-state index is -0.873. The molecule has 1 atom stereocenters. The van der Waals surface area contributed by atoms with E-state index in [0.717, 1.165) is 36.9 Å². The summed E-state index contributed by atoms with van der Waals surface area (Å²) < 4.78 is 7.17. The number of esters is 1. The van der Waals surface area contributed by atoms with Crippen molar-refractivity contribution in [1.29, 1.82) is 0 Å². The Morgan fingerprint density at radius 3 is 2.33 bits per heavy atom. The zero-order valence-corrected chi connectivity index (χ0v) is 17.0. The molecule has 154 valence electrons. The van der Waals surface area contributed by atoms with Crippen LogP contribution < -0.4 is 5.32 Å². The molecule has 30 heavy (non-hydrogen) atoms. The van der Waals surface area contributed by atoms with Gasteiger partial charge in [-0.25, -0.2) is 9.48 Å². The third-order valence-corrected chi connectivity index (χ3v) is 5.36. The molecule has 1 amide bonds. The Hall–Kier alpha value is -3.41. The SMILES string of the molecule is C[C@@H](OC(=O)c1cn(-c2ccccc2)nc1-c1ccccc1)C(=O)NC1CCCC1. The van der Waals surface area contributed by atoms with Crippen molar-refractivity contribution >= 4 is 11.9 Å². The molecule has 0 unspecified atom stereocenters. The first-order valence-corrected chi connectivity index (χ1v) is 10.3. The van der Waals surface area contributed by atoms with Crippen molar-refractivity contribution in [2.45, 2.75) is 44.8 Å². The summed E-state index contributed by atoms with van der Waals surface area (Å²) in [7, 11) is 0. The molecule has 4 rings (SSSR count). The van der Waals surface area contributed by atoms with Crippen molar-refractivity contribution in [3.05, 3.63) is 72.4 Å². The number of nitrogens with zero attached hydrogens (tertiary/aromatic N) is 2. The maximum Gasteiger partial charge on any atom is 0.342 e. The highest BCUT2D eigenvalue weighted by Crippen LogP contribution is 2.25. The standard InChI is InChI=1S/C24H25N3O3/c1-17(23(28)25-19-12-8-9-13-19)30-24(29)21-16-27(20-14-6-3-7-15-20)26-22(21)18-10-4-2-5-11-18/h2-7,10-11,14-17,19H,8-9,12-13H2,1H3,(H,25,28)/t17-/m1/s1. The lowest BCUT2D eigenvalue weighted by atomic mass is 10.1. The minimum Gasteiger partial charge on any atom is -0.449 e.